The second-order valence-electron chi connectivity index (χ2n) is 4.61. The lowest BCUT2D eigenvalue weighted by atomic mass is 10.1. The first-order valence-electron chi connectivity index (χ1n) is 6.16. The van der Waals surface area contributed by atoms with Gasteiger partial charge >= 0.3 is 5.97 Å². The number of fused-ring (bicyclic) bond motifs is 1. The summed E-state index contributed by atoms with van der Waals surface area (Å²) in [5, 5.41) is 10.5. The van der Waals surface area contributed by atoms with Crippen LogP contribution in [-0.4, -0.2) is 23.2 Å². The summed E-state index contributed by atoms with van der Waals surface area (Å²) < 4.78 is 5.12. The first-order chi connectivity index (χ1) is 9.60. The van der Waals surface area contributed by atoms with E-state index in [2.05, 4.69) is 4.98 Å². The van der Waals surface area contributed by atoms with Crippen molar-refractivity contribution in [3.63, 3.8) is 0 Å². The summed E-state index contributed by atoms with van der Waals surface area (Å²) >= 11 is 7.66. The van der Waals surface area contributed by atoms with Gasteiger partial charge in [0.1, 0.15) is 16.7 Å². The molecular weight excluding hydrogens is 298 g/mol. The number of benzene rings is 1. The molecule has 0 fully saturated rings. The third kappa shape index (κ3) is 2.17. The lowest BCUT2D eigenvalue weighted by Gasteiger charge is -2.05. The van der Waals surface area contributed by atoms with Crippen LogP contribution in [0.25, 0.3) is 10.6 Å². The van der Waals surface area contributed by atoms with Crippen LogP contribution in [0.3, 0.4) is 0 Å². The van der Waals surface area contributed by atoms with Crippen LogP contribution in [0.5, 0.6) is 5.75 Å². The van der Waals surface area contributed by atoms with Crippen LogP contribution in [0, 0.1) is 0 Å². The minimum Gasteiger partial charge on any atom is -0.495 e. The second-order valence-corrected chi connectivity index (χ2v) is 6.10. The van der Waals surface area contributed by atoms with E-state index in [-0.39, 0.29) is 0 Å². The number of aryl methyl sites for hydroxylation is 1. The molecule has 1 N–H and O–H groups in total. The maximum Gasteiger partial charge on any atom is 0.312 e. The molecule has 1 heterocycles. The molecule has 1 aromatic carbocycles. The van der Waals surface area contributed by atoms with Crippen molar-refractivity contribution < 1.29 is 14.6 Å². The highest BCUT2D eigenvalue weighted by Crippen LogP contribution is 2.40. The first kappa shape index (κ1) is 13.4. The van der Waals surface area contributed by atoms with Crippen molar-refractivity contribution in [2.24, 2.45) is 0 Å². The van der Waals surface area contributed by atoms with Gasteiger partial charge in [-0.15, -0.1) is 11.3 Å². The third-order valence-electron chi connectivity index (χ3n) is 3.41. The summed E-state index contributed by atoms with van der Waals surface area (Å²) in [5.74, 6) is -0.653. The maximum atomic E-state index is 11.2. The predicted molar refractivity (Wildman–Crippen MR) is 77.8 cm³/mol. The van der Waals surface area contributed by atoms with E-state index in [4.69, 9.17) is 16.3 Å². The number of aliphatic carboxylic acids is 1. The van der Waals surface area contributed by atoms with E-state index in [0.717, 1.165) is 21.9 Å². The van der Waals surface area contributed by atoms with Crippen molar-refractivity contribution in [2.45, 2.75) is 18.8 Å². The lowest BCUT2D eigenvalue weighted by molar-refractivity contribution is -0.138. The Balaban J connectivity index is 1.99. The molecule has 2 aromatic rings. The summed E-state index contributed by atoms with van der Waals surface area (Å²) in [6.45, 7) is 0. The topological polar surface area (TPSA) is 59.4 Å². The third-order valence-corrected chi connectivity index (χ3v) is 4.89. The lowest BCUT2D eigenvalue weighted by Crippen LogP contribution is -2.08. The number of aromatic nitrogens is 1. The van der Waals surface area contributed by atoms with Crippen molar-refractivity contribution in [1.29, 1.82) is 0 Å². The van der Waals surface area contributed by atoms with Gasteiger partial charge in [0.25, 0.3) is 0 Å². The Morgan fingerprint density at radius 3 is 3.00 bits per heavy atom. The highest BCUT2D eigenvalue weighted by molar-refractivity contribution is 7.15. The Labute approximate surface area is 125 Å². The number of carbonyl (C=O) groups is 1. The molecule has 0 saturated carbocycles. The quantitative estimate of drug-likeness (QED) is 0.941. The van der Waals surface area contributed by atoms with Gasteiger partial charge in [0.05, 0.1) is 17.8 Å². The Hall–Kier alpha value is -1.59. The minimum atomic E-state index is -0.798. The molecule has 1 aromatic heterocycles. The number of ether oxygens (including phenoxy) is 1. The first-order valence-corrected chi connectivity index (χ1v) is 7.36. The van der Waals surface area contributed by atoms with Crippen LogP contribution in [0.1, 0.15) is 22.9 Å². The highest BCUT2D eigenvalue weighted by atomic mass is 35.5. The Kier molecular flexibility index (Phi) is 3.40. The van der Waals surface area contributed by atoms with Gasteiger partial charge in [0, 0.05) is 10.4 Å². The van der Waals surface area contributed by atoms with Gasteiger partial charge < -0.3 is 9.84 Å². The van der Waals surface area contributed by atoms with Gasteiger partial charge in [-0.05, 0) is 31.0 Å². The molecule has 0 amide bonds. The summed E-state index contributed by atoms with van der Waals surface area (Å²) in [5.41, 5.74) is 1.60. The minimum absolute atomic E-state index is 0.469. The molecule has 3 rings (SSSR count). The molecule has 1 unspecified atom stereocenters. The number of halogens is 1. The van der Waals surface area contributed by atoms with Crippen molar-refractivity contribution >= 4 is 28.9 Å². The van der Waals surface area contributed by atoms with Gasteiger partial charge in [0.2, 0.25) is 0 Å². The van der Waals surface area contributed by atoms with Crippen molar-refractivity contribution in [3.8, 4) is 16.3 Å². The molecule has 20 heavy (non-hydrogen) atoms. The Morgan fingerprint density at radius 1 is 1.55 bits per heavy atom. The molecule has 0 radical (unpaired) electrons. The number of carboxylic acid groups (broad SMARTS) is 1. The predicted octanol–water partition coefficient (Wildman–Crippen LogP) is 3.59. The van der Waals surface area contributed by atoms with Crippen LogP contribution in [0.2, 0.25) is 5.02 Å². The van der Waals surface area contributed by atoms with Crippen LogP contribution >= 0.6 is 22.9 Å². The maximum absolute atomic E-state index is 11.2. The number of methoxy groups -OCH3 is 1. The fourth-order valence-electron chi connectivity index (χ4n) is 2.39. The van der Waals surface area contributed by atoms with Crippen molar-refractivity contribution in [2.75, 3.05) is 7.11 Å². The standard InChI is InChI=1S/C14H12ClNO3S/c1-19-10-4-2-7(6-9(10)15)13-16-12-8(14(17)18)3-5-11(12)20-13/h2,4,6,8H,3,5H2,1H3,(H,17,18). The molecule has 1 aliphatic rings. The molecule has 6 heteroatoms. The zero-order chi connectivity index (χ0) is 14.3. The van der Waals surface area contributed by atoms with E-state index >= 15 is 0 Å². The Morgan fingerprint density at radius 2 is 2.35 bits per heavy atom. The van der Waals surface area contributed by atoms with E-state index < -0.39 is 11.9 Å². The number of hydrogen-bond acceptors (Lipinski definition) is 4. The van der Waals surface area contributed by atoms with Gasteiger partial charge in [-0.2, -0.15) is 0 Å². The van der Waals surface area contributed by atoms with Gasteiger partial charge in [-0.3, -0.25) is 4.79 Å². The van der Waals surface area contributed by atoms with E-state index in [1.54, 1.807) is 30.6 Å². The zero-order valence-corrected chi connectivity index (χ0v) is 12.3. The fourth-order valence-corrected chi connectivity index (χ4v) is 3.78. The molecule has 4 nitrogen and oxygen atoms in total. The smallest absolute Gasteiger partial charge is 0.312 e. The summed E-state index contributed by atoms with van der Waals surface area (Å²) in [6, 6.07) is 5.47. The number of rotatable bonds is 3. The average Bonchev–Trinajstić information content (AvgIpc) is 2.97. The van der Waals surface area contributed by atoms with E-state index in [1.807, 2.05) is 6.07 Å². The van der Waals surface area contributed by atoms with Gasteiger partial charge in [0.15, 0.2) is 0 Å². The SMILES string of the molecule is COc1ccc(-c2nc3c(s2)CCC3C(=O)O)cc1Cl. The zero-order valence-electron chi connectivity index (χ0n) is 10.7. The van der Waals surface area contributed by atoms with Crippen LogP contribution < -0.4 is 4.74 Å². The number of carboxylic acids is 1. The van der Waals surface area contributed by atoms with Crippen molar-refractivity contribution in [3.05, 3.63) is 33.8 Å². The molecule has 1 atom stereocenters. The molecule has 104 valence electrons. The Bertz CT molecular complexity index is 683. The van der Waals surface area contributed by atoms with E-state index in [9.17, 15) is 9.90 Å². The van der Waals surface area contributed by atoms with Crippen LogP contribution in [0.4, 0.5) is 0 Å². The molecule has 0 aliphatic heterocycles. The van der Waals surface area contributed by atoms with E-state index in [0.29, 0.717) is 22.9 Å². The summed E-state index contributed by atoms with van der Waals surface area (Å²) in [7, 11) is 1.57. The molecule has 0 spiro atoms. The number of nitrogens with zero attached hydrogens (tertiary/aromatic N) is 1. The van der Waals surface area contributed by atoms with Crippen molar-refractivity contribution in [1.82, 2.24) is 4.98 Å². The summed E-state index contributed by atoms with van der Waals surface area (Å²) in [4.78, 5) is 16.7. The van der Waals surface area contributed by atoms with Gasteiger partial charge in [-0.1, -0.05) is 11.6 Å². The number of thiazole rings is 1. The molecule has 0 bridgehead atoms. The molecule has 0 saturated heterocycles. The molecule has 1 aliphatic carbocycles. The summed E-state index contributed by atoms with van der Waals surface area (Å²) in [6.07, 6.45) is 1.43. The molecular formula is C14H12ClNO3S. The largest absolute Gasteiger partial charge is 0.495 e. The monoisotopic (exact) mass is 309 g/mol. The van der Waals surface area contributed by atoms with Crippen LogP contribution in [-0.2, 0) is 11.2 Å². The average molecular weight is 310 g/mol. The van der Waals surface area contributed by atoms with Crippen LogP contribution in [0.15, 0.2) is 18.2 Å². The van der Waals surface area contributed by atoms with Gasteiger partial charge in [-0.25, -0.2) is 4.98 Å². The van der Waals surface area contributed by atoms with E-state index in [1.165, 1.54) is 0 Å². The number of hydrogen-bond donors (Lipinski definition) is 1. The normalized spacial score (nSPS) is 17.0. The second kappa shape index (κ2) is 5.07. The fraction of sp³-hybridized carbons (Fsp3) is 0.286. The highest BCUT2D eigenvalue weighted by Gasteiger charge is 2.32.